The minimum Gasteiger partial charge on any atom is -0.450 e. The van der Waals surface area contributed by atoms with Gasteiger partial charge in [-0.25, -0.2) is 13.2 Å². The Morgan fingerprint density at radius 2 is 2.15 bits per heavy atom. The van der Waals surface area contributed by atoms with Crippen LogP contribution >= 0.6 is 23.1 Å². The van der Waals surface area contributed by atoms with Gasteiger partial charge in [-0.15, -0.1) is 10.2 Å². The molecular formula is C15H24N4O5S3. The Morgan fingerprint density at radius 3 is 2.78 bits per heavy atom. The molecule has 1 N–H and O–H groups in total. The normalized spacial score (nSPS) is 18.2. The van der Waals surface area contributed by atoms with E-state index < -0.39 is 15.9 Å². The third kappa shape index (κ3) is 6.92. The third-order valence-corrected chi connectivity index (χ3v) is 7.64. The van der Waals surface area contributed by atoms with Gasteiger partial charge in [0.05, 0.1) is 23.9 Å². The van der Waals surface area contributed by atoms with Crippen molar-refractivity contribution in [3.8, 4) is 0 Å². The highest BCUT2D eigenvalue weighted by Crippen LogP contribution is 2.27. The van der Waals surface area contributed by atoms with Gasteiger partial charge in [0, 0.05) is 12.6 Å². The van der Waals surface area contributed by atoms with E-state index in [0.717, 1.165) is 24.2 Å². The fourth-order valence-electron chi connectivity index (χ4n) is 2.64. The maximum Gasteiger partial charge on any atom is 0.413 e. The van der Waals surface area contributed by atoms with Crippen molar-refractivity contribution in [3.63, 3.8) is 0 Å². The molecule has 1 aromatic rings. The van der Waals surface area contributed by atoms with Crippen molar-refractivity contribution in [2.24, 2.45) is 0 Å². The van der Waals surface area contributed by atoms with Crippen LogP contribution in [0.25, 0.3) is 0 Å². The summed E-state index contributed by atoms with van der Waals surface area (Å²) < 4.78 is 28.8. The van der Waals surface area contributed by atoms with Crippen molar-refractivity contribution in [1.82, 2.24) is 15.1 Å². The first-order valence-corrected chi connectivity index (χ1v) is 12.4. The summed E-state index contributed by atoms with van der Waals surface area (Å²) in [7, 11) is -3.05. The predicted molar refractivity (Wildman–Crippen MR) is 105 cm³/mol. The maximum atomic E-state index is 12.7. The average Bonchev–Trinajstić information content (AvgIpc) is 3.19. The van der Waals surface area contributed by atoms with Gasteiger partial charge in [0.2, 0.25) is 11.0 Å². The Hall–Kier alpha value is -1.40. The molecule has 0 aliphatic carbocycles. The molecule has 152 valence electrons. The molecule has 9 nitrogen and oxygen atoms in total. The lowest BCUT2D eigenvalue weighted by atomic mass is 10.2. The molecule has 0 aromatic carbocycles. The maximum absolute atomic E-state index is 12.7. The van der Waals surface area contributed by atoms with Crippen LogP contribution in [0.3, 0.4) is 0 Å². The Labute approximate surface area is 167 Å². The number of nitrogens with zero attached hydrogens (tertiary/aromatic N) is 3. The van der Waals surface area contributed by atoms with Crippen molar-refractivity contribution < 1.29 is 22.7 Å². The molecule has 12 heteroatoms. The largest absolute Gasteiger partial charge is 0.450 e. The lowest BCUT2D eigenvalue weighted by Crippen LogP contribution is -2.42. The quantitative estimate of drug-likeness (QED) is 0.461. The summed E-state index contributed by atoms with van der Waals surface area (Å²) in [6.45, 7) is 4.54. The molecule has 0 saturated carbocycles. The summed E-state index contributed by atoms with van der Waals surface area (Å²) in [5.41, 5.74) is 0. The number of hydrogen-bond donors (Lipinski definition) is 1. The number of amides is 2. The second-order valence-electron chi connectivity index (χ2n) is 6.00. The zero-order valence-corrected chi connectivity index (χ0v) is 17.8. The number of carbonyl (C=O) groups excluding carboxylic acids is 2. The highest BCUT2D eigenvalue weighted by molar-refractivity contribution is 8.01. The van der Waals surface area contributed by atoms with E-state index in [0.29, 0.717) is 22.4 Å². The van der Waals surface area contributed by atoms with Gasteiger partial charge in [0.15, 0.2) is 14.2 Å². The van der Waals surface area contributed by atoms with Gasteiger partial charge in [-0.3, -0.25) is 10.1 Å². The van der Waals surface area contributed by atoms with Crippen molar-refractivity contribution in [2.45, 2.75) is 43.5 Å². The molecule has 1 unspecified atom stereocenters. The summed E-state index contributed by atoms with van der Waals surface area (Å²) in [5.74, 6) is 0.221. The van der Waals surface area contributed by atoms with Crippen molar-refractivity contribution in [3.05, 3.63) is 0 Å². The second kappa shape index (κ2) is 10.2. The fraction of sp³-hybridized carbons (Fsp3) is 0.733. The summed E-state index contributed by atoms with van der Waals surface area (Å²) in [5, 5.41) is 10.5. The van der Waals surface area contributed by atoms with E-state index in [1.807, 2.05) is 6.92 Å². The van der Waals surface area contributed by atoms with Gasteiger partial charge in [-0.2, -0.15) is 0 Å². The zero-order chi connectivity index (χ0) is 19.9. The van der Waals surface area contributed by atoms with Crippen molar-refractivity contribution in [1.29, 1.82) is 0 Å². The number of sulfone groups is 1. The van der Waals surface area contributed by atoms with Crippen LogP contribution in [0, 0.1) is 0 Å². The van der Waals surface area contributed by atoms with Crippen LogP contribution in [-0.2, 0) is 19.4 Å². The lowest BCUT2D eigenvalue weighted by molar-refractivity contribution is -0.130. The topological polar surface area (TPSA) is 119 Å². The van der Waals surface area contributed by atoms with E-state index in [2.05, 4.69) is 15.5 Å². The first kappa shape index (κ1) is 21.9. The van der Waals surface area contributed by atoms with Gasteiger partial charge < -0.3 is 9.64 Å². The number of rotatable bonds is 9. The molecule has 2 amide bonds. The van der Waals surface area contributed by atoms with Gasteiger partial charge in [-0.1, -0.05) is 36.4 Å². The molecule has 0 spiro atoms. The molecule has 1 fully saturated rings. The minimum atomic E-state index is -3.05. The number of thioether (sulfide) groups is 1. The van der Waals surface area contributed by atoms with Gasteiger partial charge >= 0.3 is 6.09 Å². The summed E-state index contributed by atoms with van der Waals surface area (Å²) in [6.07, 6.45) is 1.65. The molecule has 1 atom stereocenters. The summed E-state index contributed by atoms with van der Waals surface area (Å²) >= 11 is 2.38. The summed E-state index contributed by atoms with van der Waals surface area (Å²) in [6, 6.07) is -0.245. The fourth-order valence-corrected chi connectivity index (χ4v) is 5.99. The molecule has 0 radical (unpaired) electrons. The van der Waals surface area contributed by atoms with Crippen LogP contribution in [0.2, 0.25) is 0 Å². The van der Waals surface area contributed by atoms with E-state index in [1.165, 1.54) is 11.8 Å². The van der Waals surface area contributed by atoms with Crippen LogP contribution in [0.5, 0.6) is 0 Å². The molecular weight excluding hydrogens is 412 g/mol. The number of carbonyl (C=O) groups is 2. The number of hydrogen-bond acceptors (Lipinski definition) is 9. The smallest absolute Gasteiger partial charge is 0.413 e. The van der Waals surface area contributed by atoms with Crippen LogP contribution in [0.4, 0.5) is 9.93 Å². The van der Waals surface area contributed by atoms with E-state index in [4.69, 9.17) is 4.74 Å². The second-order valence-corrected chi connectivity index (χ2v) is 10.4. The SMILES string of the molecule is CCCCN(C(=O)CSc1nnc(NC(=O)OCC)s1)C1CCS(=O)(=O)C1. The minimum absolute atomic E-state index is 0.0412. The van der Waals surface area contributed by atoms with E-state index in [9.17, 15) is 18.0 Å². The van der Waals surface area contributed by atoms with Gasteiger partial charge in [0.1, 0.15) is 0 Å². The number of ether oxygens (including phenoxy) is 1. The van der Waals surface area contributed by atoms with E-state index in [1.54, 1.807) is 11.8 Å². The highest BCUT2D eigenvalue weighted by atomic mass is 32.2. The van der Waals surface area contributed by atoms with Crippen LogP contribution in [0.1, 0.15) is 33.1 Å². The first-order chi connectivity index (χ1) is 12.8. The monoisotopic (exact) mass is 436 g/mol. The Balaban J connectivity index is 1.91. The van der Waals surface area contributed by atoms with Gasteiger partial charge in [0.25, 0.3) is 0 Å². The lowest BCUT2D eigenvalue weighted by Gasteiger charge is -2.28. The van der Waals surface area contributed by atoms with Crippen LogP contribution in [0.15, 0.2) is 4.34 Å². The predicted octanol–water partition coefficient (Wildman–Crippen LogP) is 2.01. The van der Waals surface area contributed by atoms with E-state index in [-0.39, 0.29) is 35.8 Å². The molecule has 1 saturated heterocycles. The number of nitrogens with one attached hydrogen (secondary N) is 1. The first-order valence-electron chi connectivity index (χ1n) is 8.74. The highest BCUT2D eigenvalue weighted by Gasteiger charge is 2.34. The average molecular weight is 437 g/mol. The van der Waals surface area contributed by atoms with Crippen LogP contribution in [-0.4, -0.2) is 72.0 Å². The number of anilines is 1. The third-order valence-electron chi connectivity index (χ3n) is 3.93. The molecule has 2 rings (SSSR count). The molecule has 1 aliphatic heterocycles. The zero-order valence-electron chi connectivity index (χ0n) is 15.3. The Bertz CT molecular complexity index is 752. The Kier molecular flexibility index (Phi) is 8.29. The standard InChI is InChI=1S/C15H24N4O5S3/c1-3-5-7-19(11-6-8-27(22,23)10-11)12(20)9-25-15-18-17-13(26-15)16-14(21)24-4-2/h11H,3-10H2,1-2H3,(H,16,17,21). The van der Waals surface area contributed by atoms with Gasteiger partial charge in [-0.05, 0) is 19.8 Å². The summed E-state index contributed by atoms with van der Waals surface area (Å²) in [4.78, 5) is 25.7. The number of aromatic nitrogens is 2. The van der Waals surface area contributed by atoms with Crippen molar-refractivity contribution in [2.75, 3.05) is 35.7 Å². The number of unbranched alkanes of at least 4 members (excludes halogenated alkanes) is 1. The van der Waals surface area contributed by atoms with E-state index >= 15 is 0 Å². The molecule has 2 heterocycles. The molecule has 1 aromatic heterocycles. The van der Waals surface area contributed by atoms with Crippen LogP contribution < -0.4 is 5.32 Å². The van der Waals surface area contributed by atoms with Crippen molar-refractivity contribution >= 4 is 50.1 Å². The Morgan fingerprint density at radius 1 is 1.37 bits per heavy atom. The molecule has 27 heavy (non-hydrogen) atoms. The molecule has 1 aliphatic rings. The molecule has 0 bridgehead atoms.